The van der Waals surface area contributed by atoms with Gasteiger partial charge in [-0.25, -0.2) is 0 Å². The Morgan fingerprint density at radius 3 is 2.71 bits per heavy atom. The summed E-state index contributed by atoms with van der Waals surface area (Å²) in [5.74, 6) is 0. The van der Waals surface area contributed by atoms with Crippen molar-refractivity contribution in [3.8, 4) is 0 Å². The highest BCUT2D eigenvalue weighted by Crippen LogP contribution is 2.25. The van der Waals surface area contributed by atoms with Gasteiger partial charge in [-0.05, 0) is 53.2 Å². The lowest BCUT2D eigenvalue weighted by molar-refractivity contribution is -0.0882. The maximum Gasteiger partial charge on any atom is 0.0753 e. The molecule has 0 saturated carbocycles. The molecule has 21 heavy (non-hydrogen) atoms. The highest BCUT2D eigenvalue weighted by atomic mass is 32.1. The van der Waals surface area contributed by atoms with Crippen molar-refractivity contribution >= 4 is 11.3 Å². The Balaban J connectivity index is 1.96. The molecule has 2 rings (SSSR count). The maximum absolute atomic E-state index is 5.80. The van der Waals surface area contributed by atoms with E-state index in [1.807, 2.05) is 11.3 Å². The molecule has 0 unspecified atom stereocenters. The Kier molecular flexibility index (Phi) is 5.14. The molecule has 0 atom stereocenters. The standard InChI is InChI=1S/C17H30N2OS/c1-13-14(9-15(21-13)10-18-16(2,3)4)11-19-7-8-20-17(5,6)12-19/h9,18H,7-8,10-12H2,1-6H3. The molecule has 3 nitrogen and oxygen atoms in total. The predicted octanol–water partition coefficient (Wildman–Crippen LogP) is 3.56. The zero-order valence-electron chi connectivity index (χ0n) is 14.4. The Morgan fingerprint density at radius 1 is 1.38 bits per heavy atom. The van der Waals surface area contributed by atoms with Crippen LogP contribution in [0.15, 0.2) is 6.07 Å². The minimum atomic E-state index is -0.0151. The molecule has 2 heterocycles. The van der Waals surface area contributed by atoms with Gasteiger partial charge in [0.1, 0.15) is 0 Å². The average molecular weight is 311 g/mol. The molecule has 120 valence electrons. The monoisotopic (exact) mass is 310 g/mol. The molecule has 0 amide bonds. The molecular formula is C17H30N2OS. The van der Waals surface area contributed by atoms with E-state index < -0.39 is 0 Å². The molecule has 1 aromatic rings. The van der Waals surface area contributed by atoms with Crippen LogP contribution in [-0.2, 0) is 17.8 Å². The number of hydrogen-bond acceptors (Lipinski definition) is 4. The van der Waals surface area contributed by atoms with E-state index in [-0.39, 0.29) is 11.1 Å². The first-order valence-electron chi connectivity index (χ1n) is 7.84. The Bertz CT molecular complexity index is 474. The van der Waals surface area contributed by atoms with Crippen LogP contribution in [0.2, 0.25) is 0 Å². The van der Waals surface area contributed by atoms with E-state index >= 15 is 0 Å². The van der Waals surface area contributed by atoms with Gasteiger partial charge in [0, 0.05) is 41.5 Å². The first-order chi connectivity index (χ1) is 9.65. The average Bonchev–Trinajstić information content (AvgIpc) is 2.66. The maximum atomic E-state index is 5.80. The van der Waals surface area contributed by atoms with E-state index in [1.165, 1.54) is 15.3 Å². The largest absolute Gasteiger partial charge is 0.373 e. The molecule has 0 aromatic carbocycles. The Morgan fingerprint density at radius 2 is 2.10 bits per heavy atom. The minimum absolute atomic E-state index is 0.0151. The van der Waals surface area contributed by atoms with Crippen molar-refractivity contribution in [2.75, 3.05) is 19.7 Å². The predicted molar refractivity (Wildman–Crippen MR) is 91.0 cm³/mol. The van der Waals surface area contributed by atoms with E-state index in [0.717, 1.165) is 32.8 Å². The topological polar surface area (TPSA) is 24.5 Å². The number of aryl methyl sites for hydroxylation is 1. The molecule has 1 aliphatic rings. The number of ether oxygens (including phenoxy) is 1. The zero-order valence-corrected chi connectivity index (χ0v) is 15.2. The van der Waals surface area contributed by atoms with E-state index in [4.69, 9.17) is 4.74 Å². The van der Waals surface area contributed by atoms with Gasteiger partial charge in [0.15, 0.2) is 0 Å². The van der Waals surface area contributed by atoms with Crippen LogP contribution < -0.4 is 5.32 Å². The van der Waals surface area contributed by atoms with Crippen LogP contribution in [-0.4, -0.2) is 35.7 Å². The van der Waals surface area contributed by atoms with Gasteiger partial charge in [0.2, 0.25) is 0 Å². The second-order valence-electron chi connectivity index (χ2n) is 7.72. The van der Waals surface area contributed by atoms with Gasteiger partial charge in [0.25, 0.3) is 0 Å². The van der Waals surface area contributed by atoms with Crippen LogP contribution in [0.1, 0.15) is 49.9 Å². The SMILES string of the molecule is Cc1sc(CNC(C)(C)C)cc1CN1CCOC(C)(C)C1. The van der Waals surface area contributed by atoms with E-state index in [2.05, 4.69) is 57.8 Å². The van der Waals surface area contributed by atoms with E-state index in [0.29, 0.717) is 0 Å². The molecular weight excluding hydrogens is 280 g/mol. The summed E-state index contributed by atoms with van der Waals surface area (Å²) < 4.78 is 5.80. The molecule has 1 aliphatic heterocycles. The third-order valence-electron chi connectivity index (χ3n) is 3.76. The zero-order chi connectivity index (χ0) is 15.7. The fourth-order valence-electron chi connectivity index (χ4n) is 2.67. The summed E-state index contributed by atoms with van der Waals surface area (Å²) in [6.45, 7) is 18.1. The summed E-state index contributed by atoms with van der Waals surface area (Å²) >= 11 is 1.92. The summed E-state index contributed by atoms with van der Waals surface area (Å²) in [4.78, 5) is 5.40. The summed E-state index contributed by atoms with van der Waals surface area (Å²) in [5.41, 5.74) is 1.63. The lowest BCUT2D eigenvalue weighted by atomic mass is 10.1. The second kappa shape index (κ2) is 6.37. The molecule has 4 heteroatoms. The molecule has 0 aliphatic carbocycles. The minimum Gasteiger partial charge on any atom is -0.373 e. The van der Waals surface area contributed by atoms with Crippen molar-refractivity contribution < 1.29 is 4.74 Å². The van der Waals surface area contributed by atoms with Crippen molar-refractivity contribution in [1.82, 2.24) is 10.2 Å². The van der Waals surface area contributed by atoms with E-state index in [9.17, 15) is 0 Å². The van der Waals surface area contributed by atoms with Crippen LogP contribution in [0.5, 0.6) is 0 Å². The number of morpholine rings is 1. The fraction of sp³-hybridized carbons (Fsp3) is 0.765. The highest BCUT2D eigenvalue weighted by molar-refractivity contribution is 7.12. The molecule has 0 bridgehead atoms. The number of nitrogens with zero attached hydrogens (tertiary/aromatic N) is 1. The van der Waals surface area contributed by atoms with Gasteiger partial charge in [-0.3, -0.25) is 4.90 Å². The quantitative estimate of drug-likeness (QED) is 0.920. The summed E-state index contributed by atoms with van der Waals surface area (Å²) in [5, 5.41) is 3.57. The summed E-state index contributed by atoms with van der Waals surface area (Å²) in [6, 6.07) is 2.38. The summed E-state index contributed by atoms with van der Waals surface area (Å²) in [7, 11) is 0. The fourth-order valence-corrected chi connectivity index (χ4v) is 3.67. The lowest BCUT2D eigenvalue weighted by Gasteiger charge is -2.38. The van der Waals surface area contributed by atoms with Gasteiger partial charge in [0.05, 0.1) is 12.2 Å². The molecule has 1 saturated heterocycles. The van der Waals surface area contributed by atoms with Crippen molar-refractivity contribution in [2.24, 2.45) is 0 Å². The van der Waals surface area contributed by atoms with Gasteiger partial charge in [-0.15, -0.1) is 11.3 Å². The third kappa shape index (κ3) is 5.37. The third-order valence-corrected chi connectivity index (χ3v) is 4.86. The molecule has 1 fully saturated rings. The van der Waals surface area contributed by atoms with Gasteiger partial charge < -0.3 is 10.1 Å². The van der Waals surface area contributed by atoms with Crippen molar-refractivity contribution in [3.63, 3.8) is 0 Å². The van der Waals surface area contributed by atoms with Gasteiger partial charge in [-0.1, -0.05) is 0 Å². The van der Waals surface area contributed by atoms with E-state index in [1.54, 1.807) is 0 Å². The first-order valence-corrected chi connectivity index (χ1v) is 8.66. The molecule has 1 aromatic heterocycles. The normalized spacial score (nSPS) is 19.9. The molecule has 1 N–H and O–H groups in total. The van der Waals surface area contributed by atoms with Gasteiger partial charge >= 0.3 is 0 Å². The molecule has 0 spiro atoms. The van der Waals surface area contributed by atoms with Crippen LogP contribution in [0.3, 0.4) is 0 Å². The highest BCUT2D eigenvalue weighted by Gasteiger charge is 2.27. The number of thiophene rings is 1. The smallest absolute Gasteiger partial charge is 0.0753 e. The van der Waals surface area contributed by atoms with Gasteiger partial charge in [-0.2, -0.15) is 0 Å². The Hall–Kier alpha value is -0.420. The Labute approximate surface area is 133 Å². The van der Waals surface area contributed by atoms with Crippen LogP contribution >= 0.6 is 11.3 Å². The van der Waals surface area contributed by atoms with Crippen molar-refractivity contribution in [2.45, 2.75) is 65.8 Å². The first kappa shape index (κ1) is 16.9. The number of rotatable bonds is 4. The van der Waals surface area contributed by atoms with Crippen molar-refractivity contribution in [1.29, 1.82) is 0 Å². The molecule has 0 radical (unpaired) electrons. The summed E-state index contributed by atoms with van der Waals surface area (Å²) in [6.07, 6.45) is 0. The lowest BCUT2D eigenvalue weighted by Crippen LogP contribution is -2.47. The number of hydrogen-bond donors (Lipinski definition) is 1. The van der Waals surface area contributed by atoms with Crippen molar-refractivity contribution in [3.05, 3.63) is 21.4 Å². The van der Waals surface area contributed by atoms with Crippen LogP contribution in [0.4, 0.5) is 0 Å². The number of nitrogens with one attached hydrogen (secondary N) is 1. The van der Waals surface area contributed by atoms with Crippen LogP contribution in [0.25, 0.3) is 0 Å². The second-order valence-corrected chi connectivity index (χ2v) is 9.06. The van der Waals surface area contributed by atoms with Crippen LogP contribution in [0, 0.1) is 6.92 Å².